The van der Waals surface area contributed by atoms with Gasteiger partial charge < -0.3 is 15.5 Å². The molecule has 0 unspecified atom stereocenters. The zero-order valence-electron chi connectivity index (χ0n) is 18.0. The van der Waals surface area contributed by atoms with Crippen molar-refractivity contribution < 1.29 is 4.79 Å². The molecule has 1 aromatic carbocycles. The van der Waals surface area contributed by atoms with Gasteiger partial charge >= 0.3 is 0 Å². The molecule has 1 saturated heterocycles. The van der Waals surface area contributed by atoms with E-state index in [2.05, 4.69) is 32.9 Å². The molecule has 0 aliphatic carbocycles. The van der Waals surface area contributed by atoms with Gasteiger partial charge in [0.25, 0.3) is 0 Å². The summed E-state index contributed by atoms with van der Waals surface area (Å²) in [5.41, 5.74) is 7.63. The highest BCUT2D eigenvalue weighted by Gasteiger charge is 2.25. The molecule has 3 heterocycles. The van der Waals surface area contributed by atoms with E-state index in [-0.39, 0.29) is 5.78 Å². The standard InChI is InChI=1S/C24H28ClN5O/c1-29-11-8-19(9-12-29)30(2)24-21(14-18(25)15-28-24)22(31)6-4-16-3-5-20-17(13-16)7-10-27-23(20)26/h3,5,7,10,13-15,19H,4,6,8-9,11-12H2,1-2H3,(H2,26,27). The van der Waals surface area contributed by atoms with Crippen molar-refractivity contribution >= 4 is 39.8 Å². The minimum absolute atomic E-state index is 0.0547. The summed E-state index contributed by atoms with van der Waals surface area (Å²) in [6.45, 7) is 2.10. The Hall–Kier alpha value is -2.70. The third kappa shape index (κ3) is 4.81. The van der Waals surface area contributed by atoms with Gasteiger partial charge in [-0.25, -0.2) is 9.97 Å². The summed E-state index contributed by atoms with van der Waals surface area (Å²) in [4.78, 5) is 26.3. The molecule has 0 atom stereocenters. The molecule has 0 spiro atoms. The van der Waals surface area contributed by atoms with Crippen molar-refractivity contribution in [3.8, 4) is 0 Å². The number of benzene rings is 1. The van der Waals surface area contributed by atoms with Crippen molar-refractivity contribution in [3.05, 3.63) is 58.9 Å². The van der Waals surface area contributed by atoms with Crippen LogP contribution >= 0.6 is 11.6 Å². The van der Waals surface area contributed by atoms with Gasteiger partial charge in [-0.2, -0.15) is 0 Å². The Labute approximate surface area is 188 Å². The Morgan fingerprint density at radius 2 is 2.00 bits per heavy atom. The summed E-state index contributed by atoms with van der Waals surface area (Å²) in [7, 11) is 4.17. The topological polar surface area (TPSA) is 75.3 Å². The first-order chi connectivity index (χ1) is 14.9. The summed E-state index contributed by atoms with van der Waals surface area (Å²) >= 11 is 6.21. The second kappa shape index (κ2) is 9.20. The highest BCUT2D eigenvalue weighted by atomic mass is 35.5. The van der Waals surface area contributed by atoms with E-state index >= 15 is 0 Å². The van der Waals surface area contributed by atoms with Crippen molar-refractivity contribution in [2.45, 2.75) is 31.7 Å². The predicted molar refractivity (Wildman–Crippen MR) is 127 cm³/mol. The van der Waals surface area contributed by atoms with Gasteiger partial charge in [0.15, 0.2) is 5.78 Å². The lowest BCUT2D eigenvalue weighted by atomic mass is 9.99. The number of hydrogen-bond donors (Lipinski definition) is 1. The van der Waals surface area contributed by atoms with E-state index in [1.807, 2.05) is 25.2 Å². The van der Waals surface area contributed by atoms with Gasteiger partial charge in [-0.3, -0.25) is 4.79 Å². The van der Waals surface area contributed by atoms with E-state index in [0.29, 0.717) is 35.3 Å². The number of anilines is 2. The maximum Gasteiger partial charge on any atom is 0.166 e. The number of nitrogens with zero attached hydrogens (tertiary/aromatic N) is 4. The molecule has 1 aliphatic heterocycles. The van der Waals surface area contributed by atoms with Gasteiger partial charge in [0.1, 0.15) is 11.6 Å². The minimum Gasteiger partial charge on any atom is -0.383 e. The van der Waals surface area contributed by atoms with E-state index in [9.17, 15) is 4.79 Å². The van der Waals surface area contributed by atoms with Gasteiger partial charge in [0, 0.05) is 37.3 Å². The number of carbonyl (C=O) groups is 1. The van der Waals surface area contributed by atoms with E-state index in [1.54, 1.807) is 18.5 Å². The van der Waals surface area contributed by atoms with Gasteiger partial charge in [-0.15, -0.1) is 0 Å². The fourth-order valence-corrected chi connectivity index (χ4v) is 4.43. The number of rotatable bonds is 6. The van der Waals surface area contributed by atoms with Crippen LogP contribution in [0.5, 0.6) is 0 Å². The number of piperidine rings is 1. The molecule has 31 heavy (non-hydrogen) atoms. The van der Waals surface area contributed by atoms with Crippen molar-refractivity contribution in [1.29, 1.82) is 0 Å². The molecule has 0 amide bonds. The second-order valence-electron chi connectivity index (χ2n) is 8.34. The molecule has 1 aliphatic rings. The van der Waals surface area contributed by atoms with Crippen LogP contribution in [-0.2, 0) is 6.42 Å². The normalized spacial score (nSPS) is 15.3. The van der Waals surface area contributed by atoms with Gasteiger partial charge in [-0.1, -0.05) is 29.8 Å². The maximum absolute atomic E-state index is 13.2. The number of aryl methyl sites for hydroxylation is 1. The number of carbonyl (C=O) groups excluding carboxylic acids is 1. The van der Waals surface area contributed by atoms with E-state index in [1.165, 1.54) is 0 Å². The molecule has 2 aromatic heterocycles. The minimum atomic E-state index is 0.0547. The molecule has 7 heteroatoms. The lowest BCUT2D eigenvalue weighted by Gasteiger charge is -2.36. The average Bonchev–Trinajstić information content (AvgIpc) is 2.77. The summed E-state index contributed by atoms with van der Waals surface area (Å²) in [5.74, 6) is 1.30. The van der Waals surface area contributed by atoms with Crippen LogP contribution in [-0.4, -0.2) is 53.9 Å². The van der Waals surface area contributed by atoms with Crippen LogP contribution in [0.25, 0.3) is 10.8 Å². The number of aromatic nitrogens is 2. The number of halogens is 1. The molecule has 0 bridgehead atoms. The van der Waals surface area contributed by atoms with E-state index < -0.39 is 0 Å². The predicted octanol–water partition coefficient (Wildman–Crippen LogP) is 4.21. The molecule has 0 radical (unpaired) electrons. The van der Waals surface area contributed by atoms with Crippen LogP contribution in [0.3, 0.4) is 0 Å². The third-order valence-corrected chi connectivity index (χ3v) is 6.41. The lowest BCUT2D eigenvalue weighted by Crippen LogP contribution is -2.42. The number of fused-ring (bicyclic) bond motifs is 1. The first-order valence-electron chi connectivity index (χ1n) is 10.7. The first kappa shape index (κ1) is 21.5. The first-order valence-corrected chi connectivity index (χ1v) is 11.0. The molecule has 1 fully saturated rings. The molecule has 0 saturated carbocycles. The largest absolute Gasteiger partial charge is 0.383 e. The smallest absolute Gasteiger partial charge is 0.166 e. The monoisotopic (exact) mass is 437 g/mol. The second-order valence-corrected chi connectivity index (χ2v) is 8.78. The van der Waals surface area contributed by atoms with Crippen molar-refractivity contribution in [1.82, 2.24) is 14.9 Å². The molecule has 6 nitrogen and oxygen atoms in total. The van der Waals surface area contributed by atoms with Crippen molar-refractivity contribution in [2.24, 2.45) is 0 Å². The number of ketones is 1. The van der Waals surface area contributed by atoms with E-state index in [0.717, 1.165) is 48.1 Å². The number of nitrogen functional groups attached to an aromatic ring is 1. The number of pyridine rings is 2. The highest BCUT2D eigenvalue weighted by molar-refractivity contribution is 6.31. The summed E-state index contributed by atoms with van der Waals surface area (Å²) in [6, 6.07) is 10.1. The lowest BCUT2D eigenvalue weighted by molar-refractivity contribution is 0.0983. The molecule has 3 aromatic rings. The van der Waals surface area contributed by atoms with Crippen LogP contribution in [0, 0.1) is 0 Å². The van der Waals surface area contributed by atoms with Gasteiger partial charge in [0.05, 0.1) is 10.6 Å². The fourth-order valence-electron chi connectivity index (χ4n) is 4.27. The number of nitrogens with two attached hydrogens (primary N) is 1. The van der Waals surface area contributed by atoms with Crippen LogP contribution in [0.4, 0.5) is 11.6 Å². The molecule has 2 N–H and O–H groups in total. The summed E-state index contributed by atoms with van der Waals surface area (Å²) in [5, 5.41) is 2.45. The Morgan fingerprint density at radius 3 is 2.77 bits per heavy atom. The van der Waals surface area contributed by atoms with E-state index in [4.69, 9.17) is 17.3 Å². The summed E-state index contributed by atoms with van der Waals surface area (Å²) < 4.78 is 0. The van der Waals surface area contributed by atoms with Crippen LogP contribution in [0.1, 0.15) is 35.2 Å². The number of hydrogen-bond acceptors (Lipinski definition) is 6. The van der Waals surface area contributed by atoms with Crippen LogP contribution in [0.2, 0.25) is 5.02 Å². The third-order valence-electron chi connectivity index (χ3n) is 6.20. The molecule has 162 valence electrons. The SMILES string of the molecule is CN1CCC(N(C)c2ncc(Cl)cc2C(=O)CCc2ccc3c(N)nccc3c2)CC1. The van der Waals surface area contributed by atoms with Crippen LogP contribution in [0.15, 0.2) is 42.7 Å². The van der Waals surface area contributed by atoms with Gasteiger partial charge in [0.2, 0.25) is 0 Å². The maximum atomic E-state index is 13.2. The average molecular weight is 438 g/mol. The molecular formula is C24H28ClN5O. The van der Waals surface area contributed by atoms with Crippen LogP contribution < -0.4 is 10.6 Å². The van der Waals surface area contributed by atoms with Gasteiger partial charge in [-0.05, 0) is 62.5 Å². The highest BCUT2D eigenvalue weighted by Crippen LogP contribution is 2.27. The Morgan fingerprint density at radius 1 is 1.23 bits per heavy atom. The Kier molecular flexibility index (Phi) is 6.39. The molecule has 4 rings (SSSR count). The molecular weight excluding hydrogens is 410 g/mol. The quantitative estimate of drug-likeness (QED) is 0.582. The zero-order valence-corrected chi connectivity index (χ0v) is 18.8. The number of likely N-dealkylation sites (tertiary alicyclic amines) is 1. The fraction of sp³-hybridized carbons (Fsp3) is 0.375. The Balaban J connectivity index is 1.51. The Bertz CT molecular complexity index is 1090. The zero-order chi connectivity index (χ0) is 22.0. The number of Topliss-reactive ketones (excluding diaryl/α,β-unsaturated/α-hetero) is 1. The summed E-state index contributed by atoms with van der Waals surface area (Å²) in [6.07, 6.45) is 6.47. The van der Waals surface area contributed by atoms with Crippen molar-refractivity contribution in [2.75, 3.05) is 37.8 Å². The van der Waals surface area contributed by atoms with Crippen molar-refractivity contribution in [3.63, 3.8) is 0 Å².